The van der Waals surface area contributed by atoms with Crippen LogP contribution in [0.3, 0.4) is 0 Å². The third-order valence-corrected chi connectivity index (χ3v) is 5.06. The van der Waals surface area contributed by atoms with E-state index in [0.717, 1.165) is 20.7 Å². The topological polar surface area (TPSA) is 52.7 Å². The van der Waals surface area contributed by atoms with Crippen molar-refractivity contribution < 1.29 is 0 Å². The first kappa shape index (κ1) is 15.1. The maximum Gasteiger partial charge on any atom is 0.275 e. The molecule has 0 unspecified atom stereocenters. The van der Waals surface area contributed by atoms with Crippen molar-refractivity contribution in [2.24, 2.45) is 7.05 Å². The van der Waals surface area contributed by atoms with E-state index < -0.39 is 0 Å². The predicted octanol–water partition coefficient (Wildman–Crippen LogP) is 3.61. The molecule has 5 nitrogen and oxygen atoms in total. The molecule has 0 amide bonds. The van der Waals surface area contributed by atoms with Gasteiger partial charge in [0.25, 0.3) is 5.56 Å². The molecule has 0 saturated heterocycles. The molecule has 7 heteroatoms. The summed E-state index contributed by atoms with van der Waals surface area (Å²) in [7, 11) is 1.64. The monoisotopic (exact) mass is 355 g/mol. The van der Waals surface area contributed by atoms with Crippen molar-refractivity contribution in [3.05, 3.63) is 63.8 Å². The van der Waals surface area contributed by atoms with Gasteiger partial charge in [-0.3, -0.25) is 4.79 Å². The number of hydrogen-bond donors (Lipinski definition) is 0. The van der Waals surface area contributed by atoms with Crippen LogP contribution in [0.15, 0.2) is 41.5 Å². The molecular weight excluding hydrogens is 344 g/mol. The van der Waals surface area contributed by atoms with E-state index in [1.807, 2.05) is 31.2 Å². The molecule has 1 aromatic carbocycles. The number of hydrogen-bond acceptors (Lipinski definition) is 4. The number of fused-ring (bicyclic) bond motifs is 1. The van der Waals surface area contributed by atoms with E-state index >= 15 is 0 Å². The Bertz CT molecular complexity index is 1130. The van der Waals surface area contributed by atoms with Crippen LogP contribution in [0, 0.1) is 13.0 Å². The van der Waals surface area contributed by atoms with Crippen LogP contribution < -0.4 is 5.56 Å². The minimum absolute atomic E-state index is 0.191. The van der Waals surface area contributed by atoms with Gasteiger partial charge in [-0.2, -0.15) is 10.2 Å². The summed E-state index contributed by atoms with van der Waals surface area (Å²) in [5.41, 5.74) is 1.76. The Morgan fingerprint density at radius 1 is 1.29 bits per heavy atom. The van der Waals surface area contributed by atoms with Crippen LogP contribution in [0.2, 0.25) is 5.02 Å². The van der Waals surface area contributed by atoms with Gasteiger partial charge in [0, 0.05) is 28.8 Å². The van der Waals surface area contributed by atoms with Gasteiger partial charge in [0.05, 0.1) is 28.7 Å². The van der Waals surface area contributed by atoms with Crippen molar-refractivity contribution in [3.63, 3.8) is 0 Å². The van der Waals surface area contributed by atoms with E-state index in [9.17, 15) is 4.79 Å². The molecule has 24 heavy (non-hydrogen) atoms. The number of rotatable bonds is 2. The number of aromatic nitrogens is 4. The molecule has 0 bridgehead atoms. The fourth-order valence-corrected chi connectivity index (χ4v) is 3.99. The number of benzene rings is 1. The van der Waals surface area contributed by atoms with Gasteiger partial charge in [-0.15, -0.1) is 11.3 Å². The van der Waals surface area contributed by atoms with Gasteiger partial charge in [-0.05, 0) is 13.0 Å². The highest BCUT2D eigenvalue weighted by molar-refractivity contribution is 7.22. The highest BCUT2D eigenvalue weighted by atomic mass is 35.5. The molecule has 4 rings (SSSR count). The molecule has 0 fully saturated rings. The summed E-state index contributed by atoms with van der Waals surface area (Å²) in [6, 6.07) is 11.1. The molecule has 0 N–H and O–H groups in total. The Labute approximate surface area is 146 Å². The Kier molecular flexibility index (Phi) is 3.51. The van der Waals surface area contributed by atoms with Crippen molar-refractivity contribution in [2.45, 2.75) is 6.92 Å². The fraction of sp³-hybridized carbons (Fsp3) is 0.118. The molecular formula is C17H12ClN4OS. The summed E-state index contributed by atoms with van der Waals surface area (Å²) in [6.07, 6.45) is 3.31. The number of halogens is 1. The second-order valence-electron chi connectivity index (χ2n) is 5.40. The van der Waals surface area contributed by atoms with Crippen LogP contribution in [0.4, 0.5) is 0 Å². The summed E-state index contributed by atoms with van der Waals surface area (Å²) in [5, 5.41) is 10.8. The van der Waals surface area contributed by atoms with Gasteiger partial charge in [0.1, 0.15) is 5.00 Å². The van der Waals surface area contributed by atoms with E-state index in [4.69, 9.17) is 11.6 Å². The second-order valence-corrected chi connectivity index (χ2v) is 6.86. The summed E-state index contributed by atoms with van der Waals surface area (Å²) in [4.78, 5) is 12.7. The van der Waals surface area contributed by atoms with Crippen LogP contribution in [0.1, 0.15) is 5.69 Å². The highest BCUT2D eigenvalue weighted by Gasteiger charge is 2.20. The third-order valence-electron chi connectivity index (χ3n) is 3.70. The lowest BCUT2D eigenvalue weighted by atomic mass is 10.0. The number of aryl methyl sites for hydroxylation is 2. The van der Waals surface area contributed by atoms with E-state index in [-0.39, 0.29) is 5.56 Å². The second kappa shape index (κ2) is 5.58. The number of thiophene rings is 1. The Balaban J connectivity index is 2.13. The molecule has 0 spiro atoms. The SMILES string of the molecule is Cc1[c]c(-c2c(-n3cc(Cl)cn3)sc3ccccc23)c(=O)n(C)n1. The summed E-state index contributed by atoms with van der Waals surface area (Å²) in [5.74, 6) is 0. The molecule has 0 atom stereocenters. The van der Waals surface area contributed by atoms with Crippen molar-refractivity contribution in [1.29, 1.82) is 0 Å². The zero-order chi connectivity index (χ0) is 16.8. The maximum atomic E-state index is 12.7. The van der Waals surface area contributed by atoms with E-state index in [2.05, 4.69) is 16.3 Å². The first-order valence-electron chi connectivity index (χ1n) is 7.24. The molecule has 0 aliphatic rings. The minimum atomic E-state index is -0.191. The lowest BCUT2D eigenvalue weighted by Crippen LogP contribution is -2.22. The summed E-state index contributed by atoms with van der Waals surface area (Å²) in [6.45, 7) is 1.82. The van der Waals surface area contributed by atoms with Crippen molar-refractivity contribution in [2.75, 3.05) is 0 Å². The average Bonchev–Trinajstić information content (AvgIpc) is 3.14. The summed E-state index contributed by atoms with van der Waals surface area (Å²) < 4.78 is 4.11. The lowest BCUT2D eigenvalue weighted by molar-refractivity contribution is 0.694. The fourth-order valence-electron chi connectivity index (χ4n) is 2.71. The van der Waals surface area contributed by atoms with Crippen molar-refractivity contribution in [3.8, 4) is 16.1 Å². The molecule has 119 valence electrons. The Morgan fingerprint density at radius 3 is 2.83 bits per heavy atom. The zero-order valence-electron chi connectivity index (χ0n) is 12.9. The maximum absolute atomic E-state index is 12.7. The average molecular weight is 356 g/mol. The first-order chi connectivity index (χ1) is 11.5. The molecule has 3 aromatic heterocycles. The quantitative estimate of drug-likeness (QED) is 0.552. The smallest absolute Gasteiger partial charge is 0.267 e. The largest absolute Gasteiger partial charge is 0.275 e. The van der Waals surface area contributed by atoms with Crippen LogP contribution >= 0.6 is 22.9 Å². The third kappa shape index (κ3) is 2.35. The Morgan fingerprint density at radius 2 is 2.08 bits per heavy atom. The van der Waals surface area contributed by atoms with E-state index in [1.54, 1.807) is 35.5 Å². The van der Waals surface area contributed by atoms with Gasteiger partial charge < -0.3 is 0 Å². The van der Waals surface area contributed by atoms with E-state index in [1.165, 1.54) is 4.68 Å². The van der Waals surface area contributed by atoms with Gasteiger partial charge in [0.15, 0.2) is 0 Å². The van der Waals surface area contributed by atoms with Crippen molar-refractivity contribution >= 4 is 33.0 Å². The molecule has 4 aromatic rings. The standard InChI is InChI=1S/C17H12ClN4OS/c1-10-7-13(16(23)21(2)20-10)15-12-5-3-4-6-14(12)24-17(15)22-9-11(18)8-19-22/h3-6,8-9H,1-2H3. The number of nitrogens with zero attached hydrogens (tertiary/aromatic N) is 4. The van der Waals surface area contributed by atoms with Gasteiger partial charge in [-0.1, -0.05) is 29.8 Å². The molecule has 1 radical (unpaired) electrons. The van der Waals surface area contributed by atoms with Crippen LogP contribution in [-0.4, -0.2) is 19.6 Å². The zero-order valence-corrected chi connectivity index (χ0v) is 14.5. The molecule has 0 aliphatic heterocycles. The molecule has 3 heterocycles. The molecule has 0 aliphatic carbocycles. The van der Waals surface area contributed by atoms with Crippen LogP contribution in [-0.2, 0) is 7.05 Å². The first-order valence-corrected chi connectivity index (χ1v) is 8.43. The van der Waals surface area contributed by atoms with Crippen LogP contribution in [0.25, 0.3) is 26.2 Å². The Hall–Kier alpha value is -2.44. The minimum Gasteiger partial charge on any atom is -0.267 e. The van der Waals surface area contributed by atoms with Crippen LogP contribution in [0.5, 0.6) is 0 Å². The van der Waals surface area contributed by atoms with Gasteiger partial charge in [0.2, 0.25) is 0 Å². The predicted molar refractivity (Wildman–Crippen MR) is 96.0 cm³/mol. The summed E-state index contributed by atoms with van der Waals surface area (Å²) >= 11 is 7.59. The van der Waals surface area contributed by atoms with Gasteiger partial charge >= 0.3 is 0 Å². The van der Waals surface area contributed by atoms with Gasteiger partial charge in [-0.25, -0.2) is 9.36 Å². The van der Waals surface area contributed by atoms with E-state index in [0.29, 0.717) is 16.3 Å². The lowest BCUT2D eigenvalue weighted by Gasteiger charge is -2.07. The highest BCUT2D eigenvalue weighted by Crippen LogP contribution is 2.39. The normalized spacial score (nSPS) is 11.3. The molecule has 0 saturated carbocycles. The van der Waals surface area contributed by atoms with Crippen molar-refractivity contribution in [1.82, 2.24) is 19.6 Å².